The van der Waals surface area contributed by atoms with Crippen molar-refractivity contribution in [3.63, 3.8) is 0 Å². The number of aliphatic imine (C=N–C) groups is 1. The second kappa shape index (κ2) is 12.6. The van der Waals surface area contributed by atoms with Gasteiger partial charge in [-0.15, -0.1) is 0 Å². The molecule has 2 atom stereocenters. The first-order valence-electron chi connectivity index (χ1n) is 14.7. The van der Waals surface area contributed by atoms with Crippen LogP contribution < -0.4 is 4.74 Å². The van der Waals surface area contributed by atoms with E-state index in [1.54, 1.807) is 47.4 Å². The number of carbonyl (C=O) groups is 1. The third-order valence-electron chi connectivity index (χ3n) is 8.06. The molecule has 6 rings (SSSR count). The number of amides is 1. The number of sulfone groups is 1. The monoisotopic (exact) mass is 610 g/mol. The normalized spacial score (nSPS) is 19.4. The van der Waals surface area contributed by atoms with Crippen molar-refractivity contribution in [1.82, 2.24) is 4.90 Å². The highest BCUT2D eigenvalue weighted by Gasteiger charge is 2.57. The Labute approximate surface area is 257 Å². The van der Waals surface area contributed by atoms with Crippen LogP contribution in [-0.2, 0) is 32.5 Å². The molecule has 4 aromatic rings. The Morgan fingerprint density at radius 2 is 1.59 bits per heavy atom. The molecule has 1 N–H and O–H groups in total. The first kappa shape index (κ1) is 29.6. The van der Waals surface area contributed by atoms with Crippen molar-refractivity contribution in [3.05, 3.63) is 131 Å². The largest absolute Gasteiger partial charge is 0.494 e. The number of carbonyl (C=O) groups excluding carboxylic acids is 1. The summed E-state index contributed by atoms with van der Waals surface area (Å²) in [5.74, 6) is 0.357. The van der Waals surface area contributed by atoms with Crippen LogP contribution in [-0.4, -0.2) is 54.7 Å². The number of benzene rings is 4. The van der Waals surface area contributed by atoms with Crippen molar-refractivity contribution in [2.45, 2.75) is 42.5 Å². The first-order chi connectivity index (χ1) is 21.4. The molecule has 8 nitrogen and oxygen atoms in total. The molecule has 0 fully saturated rings. The fraction of sp³-hybridized carbons (Fsp3) is 0.257. The Balaban J connectivity index is 1.42. The van der Waals surface area contributed by atoms with Gasteiger partial charge in [0.15, 0.2) is 21.5 Å². The van der Waals surface area contributed by atoms with Gasteiger partial charge in [-0.1, -0.05) is 72.8 Å². The summed E-state index contributed by atoms with van der Waals surface area (Å²) in [5, 5.41) is 9.05. The summed E-state index contributed by atoms with van der Waals surface area (Å²) >= 11 is 0. The van der Waals surface area contributed by atoms with Crippen LogP contribution in [0.25, 0.3) is 0 Å². The fourth-order valence-corrected chi connectivity index (χ4v) is 7.17. The number of aliphatic hydroxyl groups is 1. The predicted molar refractivity (Wildman–Crippen MR) is 167 cm³/mol. The number of hydrogen-bond donors (Lipinski definition) is 1. The summed E-state index contributed by atoms with van der Waals surface area (Å²) in [7, 11) is -3.72. The van der Waals surface area contributed by atoms with Crippen LogP contribution in [0.4, 0.5) is 0 Å². The van der Waals surface area contributed by atoms with E-state index in [1.807, 2.05) is 66.7 Å². The van der Waals surface area contributed by atoms with Crippen LogP contribution in [0.1, 0.15) is 41.2 Å². The van der Waals surface area contributed by atoms with Crippen LogP contribution in [0.5, 0.6) is 5.75 Å². The molecule has 1 amide bonds. The molecule has 0 aliphatic carbocycles. The highest BCUT2D eigenvalue weighted by Crippen LogP contribution is 2.47. The standard InChI is InChI=1S/C35H34N2O6S/c38-21-9-22-42-29-18-16-27(17-19-29)33-36-35(20-23-44(40,41)30-13-5-2-6-14-30)32(43-33)31-15-8-7-12-28(31)25-37(34(35)39)24-26-10-3-1-4-11-26/h1-8,10-19,32,38H,9,20-25H2/t32-,35-/m1/s1. The van der Waals surface area contributed by atoms with Gasteiger partial charge in [0, 0.05) is 43.7 Å². The minimum atomic E-state index is -3.72. The summed E-state index contributed by atoms with van der Waals surface area (Å²) in [4.78, 5) is 21.7. The molecule has 0 radical (unpaired) electrons. The Morgan fingerprint density at radius 1 is 0.909 bits per heavy atom. The minimum absolute atomic E-state index is 0.0446. The molecular weight excluding hydrogens is 576 g/mol. The maximum Gasteiger partial charge on any atom is 0.255 e. The molecule has 4 aromatic carbocycles. The summed E-state index contributed by atoms with van der Waals surface area (Å²) in [6.07, 6.45) is -0.346. The topological polar surface area (TPSA) is 106 Å². The summed E-state index contributed by atoms with van der Waals surface area (Å²) < 4.78 is 39.3. The third-order valence-corrected chi connectivity index (χ3v) is 9.80. The fourth-order valence-electron chi connectivity index (χ4n) is 5.78. The van der Waals surface area contributed by atoms with Gasteiger partial charge in [0.2, 0.25) is 5.90 Å². The van der Waals surface area contributed by atoms with Crippen molar-refractivity contribution in [1.29, 1.82) is 0 Å². The number of ether oxygens (including phenoxy) is 2. The van der Waals surface area contributed by atoms with Crippen LogP contribution in [0, 0.1) is 0 Å². The molecule has 0 saturated heterocycles. The number of aliphatic hydroxyl groups excluding tert-OH is 1. The van der Waals surface area contributed by atoms with Crippen molar-refractivity contribution >= 4 is 21.6 Å². The lowest BCUT2D eigenvalue weighted by atomic mass is 9.84. The van der Waals surface area contributed by atoms with Gasteiger partial charge in [-0.3, -0.25) is 4.79 Å². The molecule has 0 unspecified atom stereocenters. The predicted octanol–water partition coefficient (Wildman–Crippen LogP) is 5.11. The van der Waals surface area contributed by atoms with Crippen LogP contribution in [0.15, 0.2) is 119 Å². The molecule has 2 aliphatic heterocycles. The molecule has 226 valence electrons. The summed E-state index contributed by atoms with van der Waals surface area (Å²) in [6, 6.07) is 33.0. The number of nitrogens with zero attached hydrogens (tertiary/aromatic N) is 2. The highest BCUT2D eigenvalue weighted by molar-refractivity contribution is 7.91. The number of hydrogen-bond acceptors (Lipinski definition) is 7. The lowest BCUT2D eigenvalue weighted by Gasteiger charge is -2.32. The number of fused-ring (bicyclic) bond motifs is 3. The summed E-state index contributed by atoms with van der Waals surface area (Å²) in [5.41, 5.74) is 1.85. The number of rotatable bonds is 11. The van der Waals surface area contributed by atoms with Gasteiger partial charge < -0.3 is 19.5 Å². The maximum absolute atomic E-state index is 14.8. The average molecular weight is 611 g/mol. The van der Waals surface area contributed by atoms with E-state index < -0.39 is 21.5 Å². The zero-order valence-electron chi connectivity index (χ0n) is 24.2. The SMILES string of the molecule is O=C1N(Cc2ccccc2)Cc2ccccc2[C@H]2OC(c3ccc(OCCCO)cc3)=N[C@@]12CCS(=O)(=O)c1ccccc1. The van der Waals surface area contributed by atoms with E-state index >= 15 is 0 Å². The van der Waals surface area contributed by atoms with Gasteiger partial charge in [0.05, 0.1) is 17.3 Å². The van der Waals surface area contributed by atoms with E-state index in [0.717, 1.165) is 16.7 Å². The third kappa shape index (κ3) is 5.98. The lowest BCUT2D eigenvalue weighted by Crippen LogP contribution is -2.49. The second-order valence-corrected chi connectivity index (χ2v) is 13.1. The zero-order valence-corrected chi connectivity index (χ0v) is 25.0. The van der Waals surface area contributed by atoms with Crippen molar-refractivity contribution < 1.29 is 27.8 Å². The highest BCUT2D eigenvalue weighted by atomic mass is 32.2. The van der Waals surface area contributed by atoms with Crippen LogP contribution in [0.2, 0.25) is 0 Å². The van der Waals surface area contributed by atoms with E-state index in [0.29, 0.717) is 37.4 Å². The maximum atomic E-state index is 14.8. The van der Waals surface area contributed by atoms with Crippen molar-refractivity contribution in [2.75, 3.05) is 19.0 Å². The van der Waals surface area contributed by atoms with Crippen LogP contribution in [0.3, 0.4) is 0 Å². The molecule has 2 aliphatic rings. The molecule has 2 heterocycles. The van der Waals surface area contributed by atoms with Gasteiger partial charge >= 0.3 is 0 Å². The van der Waals surface area contributed by atoms with Crippen molar-refractivity contribution in [3.8, 4) is 5.75 Å². The molecule has 0 bridgehead atoms. The molecular formula is C35H34N2O6S. The second-order valence-electron chi connectivity index (χ2n) is 11.0. The Kier molecular flexibility index (Phi) is 8.50. The average Bonchev–Trinajstić information content (AvgIpc) is 3.42. The quantitative estimate of drug-likeness (QED) is 0.237. The minimum Gasteiger partial charge on any atom is -0.494 e. The summed E-state index contributed by atoms with van der Waals surface area (Å²) in [6.45, 7) is 1.13. The van der Waals surface area contributed by atoms with Crippen LogP contribution >= 0.6 is 0 Å². The van der Waals surface area contributed by atoms with Gasteiger partial charge in [-0.25, -0.2) is 13.4 Å². The lowest BCUT2D eigenvalue weighted by molar-refractivity contribution is -0.140. The Hall–Kier alpha value is -4.47. The van der Waals surface area contributed by atoms with Gasteiger partial charge in [0.1, 0.15) is 5.75 Å². The van der Waals surface area contributed by atoms with E-state index in [4.69, 9.17) is 19.6 Å². The van der Waals surface area contributed by atoms with Gasteiger partial charge in [-0.2, -0.15) is 0 Å². The molecule has 44 heavy (non-hydrogen) atoms. The molecule has 0 aromatic heterocycles. The molecule has 0 spiro atoms. The Morgan fingerprint density at radius 3 is 2.32 bits per heavy atom. The van der Waals surface area contributed by atoms with Gasteiger partial charge in [0.25, 0.3) is 5.91 Å². The molecule has 0 saturated carbocycles. The van der Waals surface area contributed by atoms with E-state index in [1.165, 1.54) is 0 Å². The van der Waals surface area contributed by atoms with Crippen molar-refractivity contribution in [2.24, 2.45) is 4.99 Å². The van der Waals surface area contributed by atoms with E-state index in [2.05, 4.69) is 0 Å². The van der Waals surface area contributed by atoms with Gasteiger partial charge in [-0.05, 0) is 47.5 Å². The molecule has 9 heteroatoms. The van der Waals surface area contributed by atoms with E-state index in [9.17, 15) is 13.2 Å². The van der Waals surface area contributed by atoms with E-state index in [-0.39, 0.29) is 35.5 Å². The smallest absolute Gasteiger partial charge is 0.255 e. The Bertz CT molecular complexity index is 1740. The first-order valence-corrected chi connectivity index (χ1v) is 16.3. The zero-order chi connectivity index (χ0) is 30.6.